The Hall–Kier alpha value is -0.920. The van der Waals surface area contributed by atoms with Crippen LogP contribution in [0.5, 0.6) is 0 Å². The molecule has 0 aliphatic heterocycles. The second-order valence-electron chi connectivity index (χ2n) is 2.52. The first-order valence-corrected chi connectivity index (χ1v) is 3.99. The molecule has 0 aliphatic rings. The maximum atomic E-state index is 11.3. The predicted molar refractivity (Wildman–Crippen MR) is 42.6 cm³/mol. The lowest BCUT2D eigenvalue weighted by Gasteiger charge is -2.13. The van der Waals surface area contributed by atoms with Crippen molar-refractivity contribution < 1.29 is 31.9 Å². The van der Waals surface area contributed by atoms with E-state index in [1.807, 2.05) is 0 Å². The van der Waals surface area contributed by atoms with Crippen molar-refractivity contribution >= 4 is 5.97 Å². The van der Waals surface area contributed by atoms with Crippen LogP contribution in [0.15, 0.2) is 0 Å². The first-order chi connectivity index (χ1) is 6.61. The third-order valence-electron chi connectivity index (χ3n) is 1.18. The standard InChI is InChI=1S/C4H11N.C3HF5O2/c1-2-3-4-5;4-2(5,1(9)10)3(6,7)8/h2-5H2,1H3;(H,9,10). The second kappa shape index (κ2) is 6.54. The summed E-state index contributed by atoms with van der Waals surface area (Å²) in [6.07, 6.45) is -3.63. The van der Waals surface area contributed by atoms with Crippen LogP contribution in [0.1, 0.15) is 19.8 Å². The first kappa shape index (κ1) is 16.5. The monoisotopic (exact) mass is 237 g/mol. The van der Waals surface area contributed by atoms with Crippen LogP contribution in [0.2, 0.25) is 0 Å². The van der Waals surface area contributed by atoms with Gasteiger partial charge in [-0.2, -0.15) is 22.0 Å². The largest absolute Gasteiger partial charge is 0.477 e. The van der Waals surface area contributed by atoms with E-state index in [1.165, 1.54) is 12.8 Å². The molecule has 0 fully saturated rings. The molecule has 3 N–H and O–H groups in total. The molecule has 0 amide bonds. The molecule has 0 aliphatic carbocycles. The van der Waals surface area contributed by atoms with E-state index < -0.39 is 18.1 Å². The van der Waals surface area contributed by atoms with Gasteiger partial charge in [-0.3, -0.25) is 0 Å². The van der Waals surface area contributed by atoms with Gasteiger partial charge in [0.15, 0.2) is 0 Å². The van der Waals surface area contributed by atoms with E-state index in [4.69, 9.17) is 10.8 Å². The lowest BCUT2D eigenvalue weighted by Crippen LogP contribution is -2.43. The summed E-state index contributed by atoms with van der Waals surface area (Å²) in [6.45, 7) is 2.98. The van der Waals surface area contributed by atoms with E-state index in [0.717, 1.165) is 6.54 Å². The van der Waals surface area contributed by atoms with Crippen molar-refractivity contribution in [3.8, 4) is 0 Å². The van der Waals surface area contributed by atoms with E-state index in [-0.39, 0.29) is 0 Å². The molecule has 0 rings (SSSR count). The Bertz CT molecular complexity index is 190. The summed E-state index contributed by atoms with van der Waals surface area (Å²) in [6, 6.07) is 0. The highest BCUT2D eigenvalue weighted by Crippen LogP contribution is 2.35. The van der Waals surface area contributed by atoms with Gasteiger partial charge in [0.05, 0.1) is 0 Å². The highest BCUT2D eigenvalue weighted by atomic mass is 19.4. The van der Waals surface area contributed by atoms with Gasteiger partial charge in [0.25, 0.3) is 0 Å². The molecule has 0 aromatic rings. The van der Waals surface area contributed by atoms with Gasteiger partial charge >= 0.3 is 18.1 Å². The Morgan fingerprint density at radius 3 is 1.67 bits per heavy atom. The number of aliphatic carboxylic acids is 1. The molecule has 0 heterocycles. The maximum Gasteiger partial charge on any atom is 0.465 e. The summed E-state index contributed by atoms with van der Waals surface area (Å²) < 4.78 is 55.5. The van der Waals surface area contributed by atoms with Crippen molar-refractivity contribution in [2.75, 3.05) is 6.54 Å². The number of unbranched alkanes of at least 4 members (excludes halogenated alkanes) is 1. The van der Waals surface area contributed by atoms with E-state index >= 15 is 0 Å². The van der Waals surface area contributed by atoms with Crippen LogP contribution in [0.3, 0.4) is 0 Å². The maximum absolute atomic E-state index is 11.3. The average Bonchev–Trinajstić information content (AvgIpc) is 2.04. The molecule has 0 saturated carbocycles. The molecule has 0 unspecified atom stereocenters. The Balaban J connectivity index is 0. The number of nitrogens with two attached hydrogens (primary N) is 1. The number of alkyl halides is 5. The minimum Gasteiger partial charge on any atom is -0.477 e. The molecule has 8 heteroatoms. The van der Waals surface area contributed by atoms with Gasteiger partial charge in [-0.15, -0.1) is 0 Å². The van der Waals surface area contributed by atoms with Crippen molar-refractivity contribution in [2.24, 2.45) is 5.73 Å². The molecule has 0 aromatic heterocycles. The minimum absolute atomic E-state index is 0.844. The number of halogens is 5. The predicted octanol–water partition coefficient (Wildman–Crippen LogP) is 2.01. The number of carboxylic acids is 1. The van der Waals surface area contributed by atoms with Crippen molar-refractivity contribution in [3.63, 3.8) is 0 Å². The number of carboxylic acid groups (broad SMARTS) is 1. The second-order valence-corrected chi connectivity index (χ2v) is 2.52. The van der Waals surface area contributed by atoms with E-state index in [0.29, 0.717) is 0 Å². The zero-order chi connectivity index (χ0) is 12.7. The van der Waals surface area contributed by atoms with Gasteiger partial charge in [-0.05, 0) is 13.0 Å². The summed E-state index contributed by atoms with van der Waals surface area (Å²) in [5, 5.41) is 7.31. The molecule has 0 aromatic carbocycles. The molecular formula is C7H12F5NO2. The molecular weight excluding hydrogens is 225 g/mol. The van der Waals surface area contributed by atoms with Crippen molar-refractivity contribution in [2.45, 2.75) is 31.9 Å². The van der Waals surface area contributed by atoms with Gasteiger partial charge in [0.2, 0.25) is 0 Å². The van der Waals surface area contributed by atoms with Crippen LogP contribution in [0.4, 0.5) is 22.0 Å². The topological polar surface area (TPSA) is 63.3 Å². The van der Waals surface area contributed by atoms with Gasteiger partial charge < -0.3 is 10.8 Å². The number of hydrogen-bond donors (Lipinski definition) is 2. The SMILES string of the molecule is CCCCN.O=C(O)C(F)(F)C(F)(F)F. The Morgan fingerprint density at radius 2 is 1.67 bits per heavy atom. The summed E-state index contributed by atoms with van der Waals surface area (Å²) in [5.74, 6) is -8.84. The van der Waals surface area contributed by atoms with Gasteiger partial charge in [-0.25, -0.2) is 4.79 Å². The van der Waals surface area contributed by atoms with Crippen molar-refractivity contribution in [1.29, 1.82) is 0 Å². The zero-order valence-electron chi connectivity index (χ0n) is 7.94. The Labute approximate surface area is 83.1 Å². The molecule has 0 spiro atoms. The summed E-state index contributed by atoms with van der Waals surface area (Å²) in [5.41, 5.74) is 5.14. The highest BCUT2D eigenvalue weighted by molar-refractivity contribution is 5.76. The molecule has 0 saturated heterocycles. The fourth-order valence-corrected chi connectivity index (χ4v) is 0.325. The highest BCUT2D eigenvalue weighted by Gasteiger charge is 2.64. The lowest BCUT2D eigenvalue weighted by atomic mass is 10.3. The quantitative estimate of drug-likeness (QED) is 0.738. The van der Waals surface area contributed by atoms with Crippen molar-refractivity contribution in [3.05, 3.63) is 0 Å². The third-order valence-corrected chi connectivity index (χ3v) is 1.18. The summed E-state index contributed by atoms with van der Waals surface area (Å²) in [4.78, 5) is 9.20. The third kappa shape index (κ3) is 6.21. The van der Waals surface area contributed by atoms with E-state index in [9.17, 15) is 26.7 Å². The van der Waals surface area contributed by atoms with Crippen LogP contribution < -0.4 is 5.73 Å². The number of rotatable bonds is 3. The fourth-order valence-electron chi connectivity index (χ4n) is 0.325. The molecule has 0 bridgehead atoms. The minimum atomic E-state index is -6.02. The number of hydrogen-bond acceptors (Lipinski definition) is 2. The van der Waals surface area contributed by atoms with Crippen LogP contribution in [-0.2, 0) is 4.79 Å². The number of carbonyl (C=O) groups is 1. The fraction of sp³-hybridized carbons (Fsp3) is 0.857. The average molecular weight is 237 g/mol. The Morgan fingerprint density at radius 1 is 1.27 bits per heavy atom. The van der Waals surface area contributed by atoms with Crippen LogP contribution in [0, 0.1) is 0 Å². The van der Waals surface area contributed by atoms with E-state index in [2.05, 4.69) is 6.92 Å². The van der Waals surface area contributed by atoms with Crippen LogP contribution in [-0.4, -0.2) is 29.7 Å². The van der Waals surface area contributed by atoms with Crippen molar-refractivity contribution in [1.82, 2.24) is 0 Å². The molecule has 92 valence electrons. The smallest absolute Gasteiger partial charge is 0.465 e. The van der Waals surface area contributed by atoms with Crippen LogP contribution >= 0.6 is 0 Å². The van der Waals surface area contributed by atoms with E-state index in [1.54, 1.807) is 0 Å². The summed E-state index contributed by atoms with van der Waals surface area (Å²) >= 11 is 0. The lowest BCUT2D eigenvalue weighted by molar-refractivity contribution is -0.277. The normalized spacial score (nSPS) is 11.7. The molecule has 3 nitrogen and oxygen atoms in total. The molecule has 15 heavy (non-hydrogen) atoms. The molecule has 0 atom stereocenters. The first-order valence-electron chi connectivity index (χ1n) is 3.99. The van der Waals surface area contributed by atoms with Gasteiger partial charge in [-0.1, -0.05) is 13.3 Å². The van der Waals surface area contributed by atoms with Crippen LogP contribution in [0.25, 0.3) is 0 Å². The molecule has 0 radical (unpaired) electrons. The van der Waals surface area contributed by atoms with Gasteiger partial charge in [0.1, 0.15) is 0 Å². The Kier molecular flexibility index (Phi) is 7.20. The zero-order valence-corrected chi connectivity index (χ0v) is 7.94. The van der Waals surface area contributed by atoms with Gasteiger partial charge in [0, 0.05) is 0 Å². The summed E-state index contributed by atoms with van der Waals surface area (Å²) in [7, 11) is 0.